The van der Waals surface area contributed by atoms with Gasteiger partial charge in [-0.3, -0.25) is 9.62 Å². The first-order valence-electron chi connectivity index (χ1n) is 14.4. The van der Waals surface area contributed by atoms with Gasteiger partial charge in [-0.1, -0.05) is 6.07 Å². The summed E-state index contributed by atoms with van der Waals surface area (Å²) in [6.45, 7) is 5.05. The summed E-state index contributed by atoms with van der Waals surface area (Å²) in [5, 5.41) is 4.13. The van der Waals surface area contributed by atoms with Crippen LogP contribution in [0.25, 0.3) is 33.2 Å². The molecule has 238 valence electrons. The van der Waals surface area contributed by atoms with Crippen LogP contribution in [0.1, 0.15) is 0 Å². The average molecular weight is 648 g/mol. The predicted octanol–water partition coefficient (Wildman–Crippen LogP) is 4.77. The van der Waals surface area contributed by atoms with Gasteiger partial charge in [0.05, 0.1) is 25.8 Å². The molecule has 1 fully saturated rings. The van der Waals surface area contributed by atoms with Gasteiger partial charge in [0.15, 0.2) is 0 Å². The van der Waals surface area contributed by atoms with E-state index in [4.69, 9.17) is 15.2 Å². The zero-order valence-corrected chi connectivity index (χ0v) is 25.7. The number of nitrogens with two attached hydrogens (primary N) is 1. The summed E-state index contributed by atoms with van der Waals surface area (Å²) in [6.07, 6.45) is 3.27. The van der Waals surface area contributed by atoms with E-state index in [0.29, 0.717) is 34.1 Å². The van der Waals surface area contributed by atoms with Crippen molar-refractivity contribution in [2.75, 3.05) is 62.3 Å². The van der Waals surface area contributed by atoms with Crippen LogP contribution in [0, 0.1) is 11.6 Å². The molecule has 0 saturated carbocycles. The van der Waals surface area contributed by atoms with Gasteiger partial charge in [0.2, 0.25) is 5.88 Å². The van der Waals surface area contributed by atoms with Crippen molar-refractivity contribution in [2.24, 2.45) is 0 Å². The maximum absolute atomic E-state index is 14.3. The number of hydrogen-bond donors (Lipinski definition) is 3. The molecule has 1 aliphatic heterocycles. The Morgan fingerprint density at radius 2 is 1.74 bits per heavy atom. The molecule has 0 bridgehead atoms. The summed E-state index contributed by atoms with van der Waals surface area (Å²) in [5.74, 6) is -1.04. The molecular formula is C32H31F2N7O4S. The van der Waals surface area contributed by atoms with E-state index in [0.717, 1.165) is 68.3 Å². The lowest BCUT2D eigenvalue weighted by molar-refractivity contribution is 0.0398. The minimum Gasteiger partial charge on any atom is -0.480 e. The van der Waals surface area contributed by atoms with Crippen molar-refractivity contribution < 1.29 is 26.7 Å². The number of hydrogen-bond acceptors (Lipinski definition) is 10. The molecule has 4 N–H and O–H groups in total. The lowest BCUT2D eigenvalue weighted by Crippen LogP contribution is -2.39. The Hall–Kier alpha value is -4.92. The Kier molecular flexibility index (Phi) is 8.92. The van der Waals surface area contributed by atoms with Crippen LogP contribution in [0.15, 0.2) is 78.0 Å². The smallest absolute Gasteiger partial charge is 0.264 e. The van der Waals surface area contributed by atoms with E-state index in [2.05, 4.69) is 29.9 Å². The van der Waals surface area contributed by atoms with Gasteiger partial charge in [-0.25, -0.2) is 32.2 Å². The second kappa shape index (κ2) is 13.2. The van der Waals surface area contributed by atoms with Crippen LogP contribution in [0.3, 0.4) is 0 Å². The molecule has 0 atom stereocenters. The zero-order chi connectivity index (χ0) is 32.3. The molecule has 46 heavy (non-hydrogen) atoms. The third-order valence-electron chi connectivity index (χ3n) is 7.56. The van der Waals surface area contributed by atoms with Crippen LogP contribution < -0.4 is 20.5 Å². The first kappa shape index (κ1) is 31.1. The number of nitrogen functional groups attached to an aromatic ring is 1. The van der Waals surface area contributed by atoms with Crippen LogP contribution in [-0.2, 0) is 14.8 Å². The number of ether oxygens (including phenoxy) is 2. The van der Waals surface area contributed by atoms with Gasteiger partial charge < -0.3 is 20.5 Å². The van der Waals surface area contributed by atoms with Gasteiger partial charge in [0, 0.05) is 66.7 Å². The quantitative estimate of drug-likeness (QED) is 0.194. The highest BCUT2D eigenvalue weighted by molar-refractivity contribution is 7.92. The average Bonchev–Trinajstić information content (AvgIpc) is 3.05. The van der Waals surface area contributed by atoms with E-state index in [1.165, 1.54) is 19.4 Å². The van der Waals surface area contributed by atoms with E-state index in [1.54, 1.807) is 18.3 Å². The van der Waals surface area contributed by atoms with Crippen molar-refractivity contribution in [2.45, 2.75) is 4.90 Å². The number of benzene rings is 2. The summed E-state index contributed by atoms with van der Waals surface area (Å²) in [7, 11) is -3.11. The van der Waals surface area contributed by atoms with Crippen molar-refractivity contribution >= 4 is 38.2 Å². The van der Waals surface area contributed by atoms with E-state index < -0.39 is 26.6 Å². The molecule has 5 aromatic rings. The van der Waals surface area contributed by atoms with Crippen molar-refractivity contribution in [3.05, 3.63) is 84.7 Å². The maximum Gasteiger partial charge on any atom is 0.264 e. The minimum atomic E-state index is -4.43. The Labute approximate surface area is 264 Å². The van der Waals surface area contributed by atoms with Gasteiger partial charge in [-0.05, 0) is 54.1 Å². The first-order chi connectivity index (χ1) is 22.2. The summed E-state index contributed by atoms with van der Waals surface area (Å²) in [4.78, 5) is 15.0. The number of fused-ring (bicyclic) bond motifs is 1. The van der Waals surface area contributed by atoms with Crippen molar-refractivity contribution in [1.82, 2.24) is 19.9 Å². The molecule has 14 heteroatoms. The summed E-state index contributed by atoms with van der Waals surface area (Å²) in [5.41, 5.74) is 9.73. The molecule has 0 aliphatic carbocycles. The summed E-state index contributed by atoms with van der Waals surface area (Å²) >= 11 is 0. The normalized spacial score (nSPS) is 13.9. The highest BCUT2D eigenvalue weighted by Crippen LogP contribution is 2.34. The number of nitrogens with one attached hydrogen (secondary N) is 2. The topological polar surface area (TPSA) is 145 Å². The lowest BCUT2D eigenvalue weighted by Gasteiger charge is -2.26. The third kappa shape index (κ3) is 6.83. The monoisotopic (exact) mass is 647 g/mol. The number of sulfonamides is 1. The fraction of sp³-hybridized carbons (Fsp3) is 0.219. The molecule has 1 aliphatic rings. The third-order valence-corrected chi connectivity index (χ3v) is 8.96. The van der Waals surface area contributed by atoms with Crippen LogP contribution in [0.2, 0.25) is 0 Å². The van der Waals surface area contributed by atoms with Gasteiger partial charge in [0.25, 0.3) is 10.0 Å². The van der Waals surface area contributed by atoms with Gasteiger partial charge in [-0.15, -0.1) is 0 Å². The molecule has 11 nitrogen and oxygen atoms in total. The second-order valence-corrected chi connectivity index (χ2v) is 12.3. The number of methoxy groups -OCH3 is 1. The second-order valence-electron chi connectivity index (χ2n) is 10.6. The maximum atomic E-state index is 14.3. The van der Waals surface area contributed by atoms with E-state index in [9.17, 15) is 17.2 Å². The number of rotatable bonds is 10. The molecule has 1 saturated heterocycles. The predicted molar refractivity (Wildman–Crippen MR) is 172 cm³/mol. The summed E-state index contributed by atoms with van der Waals surface area (Å²) < 4.78 is 66.6. The van der Waals surface area contributed by atoms with E-state index in [1.807, 2.05) is 24.3 Å². The first-order valence-corrected chi connectivity index (χ1v) is 15.9. The lowest BCUT2D eigenvalue weighted by atomic mass is 10.0. The van der Waals surface area contributed by atoms with Crippen LogP contribution >= 0.6 is 0 Å². The van der Waals surface area contributed by atoms with Crippen LogP contribution in [-0.4, -0.2) is 74.8 Å². The molecule has 0 radical (unpaired) electrons. The molecule has 0 unspecified atom stereocenters. The number of halogens is 2. The largest absolute Gasteiger partial charge is 0.480 e. The molecule has 0 amide bonds. The van der Waals surface area contributed by atoms with Gasteiger partial charge in [0.1, 0.15) is 33.9 Å². The summed E-state index contributed by atoms with van der Waals surface area (Å²) in [6, 6.07) is 15.0. The van der Waals surface area contributed by atoms with E-state index in [-0.39, 0.29) is 11.6 Å². The molecule has 2 aromatic carbocycles. The van der Waals surface area contributed by atoms with Crippen molar-refractivity contribution in [3.8, 4) is 28.1 Å². The zero-order valence-electron chi connectivity index (χ0n) is 24.8. The molecule has 4 heterocycles. The number of morpholine rings is 1. The Morgan fingerprint density at radius 1 is 0.957 bits per heavy atom. The van der Waals surface area contributed by atoms with E-state index >= 15 is 0 Å². The Bertz CT molecular complexity index is 1990. The van der Waals surface area contributed by atoms with Crippen LogP contribution in [0.5, 0.6) is 5.88 Å². The number of anilines is 3. The Balaban J connectivity index is 1.24. The van der Waals surface area contributed by atoms with Crippen molar-refractivity contribution in [3.63, 3.8) is 0 Å². The highest BCUT2D eigenvalue weighted by atomic mass is 32.2. The molecular weight excluding hydrogens is 616 g/mol. The van der Waals surface area contributed by atoms with Gasteiger partial charge in [-0.2, -0.15) is 0 Å². The fourth-order valence-corrected chi connectivity index (χ4v) is 6.27. The standard InChI is InChI=1S/C32H31F2N7O4S/c1-44-32-28(40-46(42,43)29-6-4-24(33)17-26(29)34)16-23(19-38-32)20-2-5-27-22(14-20)15-25(31(35)39-27)21-3-7-30(37-18-21)36-8-9-41-10-12-45-13-11-41/h2-7,14-19,40H,8-13H2,1H3,(H2,35,39)(H,36,37). The number of pyridine rings is 3. The highest BCUT2D eigenvalue weighted by Gasteiger charge is 2.22. The van der Waals surface area contributed by atoms with Gasteiger partial charge >= 0.3 is 0 Å². The Morgan fingerprint density at radius 3 is 2.48 bits per heavy atom. The number of nitrogens with zero attached hydrogens (tertiary/aromatic N) is 4. The van der Waals surface area contributed by atoms with Crippen molar-refractivity contribution in [1.29, 1.82) is 0 Å². The fourth-order valence-electron chi connectivity index (χ4n) is 5.17. The molecule has 0 spiro atoms. The molecule has 3 aromatic heterocycles. The number of aromatic nitrogens is 3. The SMILES string of the molecule is COc1ncc(-c2ccc3nc(N)c(-c4ccc(NCCN5CCOCC5)nc4)cc3c2)cc1NS(=O)(=O)c1ccc(F)cc1F. The minimum absolute atomic E-state index is 0.0235. The molecule has 6 rings (SSSR count). The van der Waals surface area contributed by atoms with Crippen LogP contribution in [0.4, 0.5) is 26.1 Å².